The number of unbranched alkanes of at least 4 members (excludes halogenated alkanes) is 27. The summed E-state index contributed by atoms with van der Waals surface area (Å²) < 4.78 is 0. The molecule has 0 aromatic rings. The van der Waals surface area contributed by atoms with Crippen LogP contribution in [0.15, 0.2) is 12.2 Å². The summed E-state index contributed by atoms with van der Waals surface area (Å²) in [6.45, 7) is 4.03. The normalized spacial score (nSPS) is 14.4. The average Bonchev–Trinajstić information content (AvgIpc) is 3.09. The Morgan fingerprint density at radius 2 is 0.833 bits per heavy atom. The highest BCUT2D eigenvalue weighted by Crippen LogP contribution is 2.16. The van der Waals surface area contributed by atoms with E-state index in [0.717, 1.165) is 44.9 Å². The molecule has 0 fully saturated rings. The highest BCUT2D eigenvalue weighted by molar-refractivity contribution is 5.80. The number of hydrogen-bond donors (Lipinski definition) is 5. The van der Waals surface area contributed by atoms with Crippen molar-refractivity contribution < 1.29 is 25.2 Å². The van der Waals surface area contributed by atoms with Crippen molar-refractivity contribution in [3.8, 4) is 0 Å². The third-order valence-electron chi connectivity index (χ3n) is 9.98. The Labute approximate surface area is 298 Å². The minimum Gasteiger partial charge on any atom is -0.394 e. The van der Waals surface area contributed by atoms with Gasteiger partial charge in [-0.25, -0.2) is 0 Å². The number of carbonyl (C=O) groups excluding carboxylic acids is 1. The van der Waals surface area contributed by atoms with Crippen LogP contribution in [0.2, 0.25) is 0 Å². The van der Waals surface area contributed by atoms with Gasteiger partial charge in [0.15, 0.2) is 0 Å². The van der Waals surface area contributed by atoms with E-state index in [1.807, 2.05) is 0 Å². The molecule has 0 saturated carbocycles. The van der Waals surface area contributed by atoms with Crippen LogP contribution < -0.4 is 5.32 Å². The zero-order chi connectivity index (χ0) is 35.3. The molecule has 0 heterocycles. The van der Waals surface area contributed by atoms with Gasteiger partial charge in [-0.05, 0) is 38.5 Å². The van der Waals surface area contributed by atoms with Crippen LogP contribution in [0.3, 0.4) is 0 Å². The number of aliphatic hydroxyl groups excluding tert-OH is 4. The van der Waals surface area contributed by atoms with Gasteiger partial charge in [-0.2, -0.15) is 0 Å². The van der Waals surface area contributed by atoms with Gasteiger partial charge in [-0.15, -0.1) is 0 Å². The summed E-state index contributed by atoms with van der Waals surface area (Å²) in [5.74, 6) is -0.599. The van der Waals surface area contributed by atoms with Crippen molar-refractivity contribution in [2.24, 2.45) is 0 Å². The van der Waals surface area contributed by atoms with Gasteiger partial charge in [0.2, 0.25) is 5.91 Å². The molecule has 1 amide bonds. The second kappa shape index (κ2) is 37.3. The number of aliphatic hydroxyl groups is 4. The van der Waals surface area contributed by atoms with E-state index in [1.165, 1.54) is 148 Å². The lowest BCUT2D eigenvalue weighted by atomic mass is 9.99. The first-order chi connectivity index (χ1) is 23.5. The largest absolute Gasteiger partial charge is 0.394 e. The molecule has 0 aromatic heterocycles. The summed E-state index contributed by atoms with van der Waals surface area (Å²) in [6, 6.07) is -0.989. The van der Waals surface area contributed by atoms with Crippen molar-refractivity contribution in [2.75, 3.05) is 6.61 Å². The Morgan fingerprint density at radius 3 is 1.23 bits per heavy atom. The molecule has 5 N–H and O–H groups in total. The fourth-order valence-corrected chi connectivity index (χ4v) is 6.57. The van der Waals surface area contributed by atoms with Gasteiger partial charge in [0.1, 0.15) is 12.2 Å². The van der Waals surface area contributed by atoms with E-state index in [1.54, 1.807) is 0 Å². The molecule has 0 radical (unpaired) electrons. The maximum absolute atomic E-state index is 12.4. The van der Waals surface area contributed by atoms with Crippen LogP contribution in [0.5, 0.6) is 0 Å². The minimum absolute atomic E-state index is 0.341. The maximum Gasteiger partial charge on any atom is 0.249 e. The number of allylic oxidation sites excluding steroid dienone is 2. The summed E-state index contributed by atoms with van der Waals surface area (Å²) >= 11 is 0. The first-order valence-electron chi connectivity index (χ1n) is 21.1. The van der Waals surface area contributed by atoms with E-state index in [4.69, 9.17) is 0 Å². The van der Waals surface area contributed by atoms with E-state index in [0.29, 0.717) is 12.8 Å². The van der Waals surface area contributed by atoms with Gasteiger partial charge in [-0.3, -0.25) is 4.79 Å². The Kier molecular flexibility index (Phi) is 36.6. The van der Waals surface area contributed by atoms with Crippen LogP contribution in [-0.4, -0.2) is 57.3 Å². The number of rotatable bonds is 38. The Balaban J connectivity index is 3.73. The first kappa shape index (κ1) is 47.0. The zero-order valence-electron chi connectivity index (χ0n) is 32.0. The molecule has 0 saturated heterocycles. The first-order valence-corrected chi connectivity index (χ1v) is 21.1. The molecule has 0 aromatic carbocycles. The van der Waals surface area contributed by atoms with E-state index >= 15 is 0 Å². The number of nitrogens with one attached hydrogen (secondary N) is 1. The van der Waals surface area contributed by atoms with E-state index < -0.39 is 36.9 Å². The van der Waals surface area contributed by atoms with Gasteiger partial charge >= 0.3 is 0 Å². The lowest BCUT2D eigenvalue weighted by Crippen LogP contribution is -2.53. The quantitative estimate of drug-likeness (QED) is 0.0329. The van der Waals surface area contributed by atoms with Crippen LogP contribution in [0.25, 0.3) is 0 Å². The van der Waals surface area contributed by atoms with Crippen LogP contribution >= 0.6 is 0 Å². The molecule has 4 unspecified atom stereocenters. The molecule has 286 valence electrons. The van der Waals surface area contributed by atoms with Crippen LogP contribution in [0, 0.1) is 0 Å². The molecule has 6 nitrogen and oxygen atoms in total. The van der Waals surface area contributed by atoms with Crippen molar-refractivity contribution >= 4 is 5.91 Å². The van der Waals surface area contributed by atoms with E-state index in [2.05, 4.69) is 31.3 Å². The van der Waals surface area contributed by atoms with Crippen LogP contribution in [-0.2, 0) is 4.79 Å². The smallest absolute Gasteiger partial charge is 0.249 e. The van der Waals surface area contributed by atoms with Gasteiger partial charge in [-0.1, -0.05) is 193 Å². The summed E-state index contributed by atoms with van der Waals surface area (Å²) in [4.78, 5) is 12.4. The second-order valence-corrected chi connectivity index (χ2v) is 14.7. The van der Waals surface area contributed by atoms with Crippen molar-refractivity contribution in [1.82, 2.24) is 5.32 Å². The Bertz CT molecular complexity index is 687. The lowest BCUT2D eigenvalue weighted by molar-refractivity contribution is -0.132. The molecule has 0 aliphatic heterocycles. The topological polar surface area (TPSA) is 110 Å². The maximum atomic E-state index is 12.4. The predicted molar refractivity (Wildman–Crippen MR) is 205 cm³/mol. The fraction of sp³-hybridized carbons (Fsp3) is 0.929. The Morgan fingerprint density at radius 1 is 0.500 bits per heavy atom. The summed E-state index contributed by atoms with van der Waals surface area (Å²) in [5.41, 5.74) is 0. The number of amides is 1. The third kappa shape index (κ3) is 31.1. The molecule has 48 heavy (non-hydrogen) atoms. The fourth-order valence-electron chi connectivity index (χ4n) is 6.57. The molecule has 0 bridgehead atoms. The van der Waals surface area contributed by atoms with Gasteiger partial charge < -0.3 is 25.7 Å². The lowest BCUT2D eigenvalue weighted by Gasteiger charge is -2.27. The molecular weight excluding hydrogens is 598 g/mol. The monoisotopic (exact) mass is 682 g/mol. The van der Waals surface area contributed by atoms with Gasteiger partial charge in [0.05, 0.1) is 18.8 Å². The molecule has 0 aliphatic carbocycles. The highest BCUT2D eigenvalue weighted by atomic mass is 16.3. The predicted octanol–water partition coefficient (Wildman–Crippen LogP) is 10.6. The molecule has 0 spiro atoms. The molecule has 4 atom stereocenters. The number of carbonyl (C=O) groups is 1. The molecular formula is C42H83NO5. The molecule has 0 aliphatic rings. The number of hydrogen-bond acceptors (Lipinski definition) is 5. The highest BCUT2D eigenvalue weighted by Gasteiger charge is 2.28. The van der Waals surface area contributed by atoms with Gasteiger partial charge in [0.25, 0.3) is 0 Å². The van der Waals surface area contributed by atoms with Gasteiger partial charge in [0, 0.05) is 0 Å². The second-order valence-electron chi connectivity index (χ2n) is 14.7. The standard InChI is InChI=1S/C42H83NO5/c1-3-5-7-9-11-13-15-17-18-19-20-21-22-23-24-26-27-29-31-33-35-39(45)41(47)38(37-44)43-42(48)40(46)36-34-32-30-28-25-16-14-12-10-8-6-4-2/h25,28,38-41,44-47H,3-24,26-27,29-37H2,1-2H3,(H,43,48)/b28-25-. The molecule has 6 heteroatoms. The summed E-state index contributed by atoms with van der Waals surface area (Å²) in [7, 11) is 0. The summed E-state index contributed by atoms with van der Waals surface area (Å²) in [6.07, 6.45) is 39.6. The van der Waals surface area contributed by atoms with E-state index in [9.17, 15) is 25.2 Å². The van der Waals surface area contributed by atoms with Crippen molar-refractivity contribution in [3.05, 3.63) is 12.2 Å². The third-order valence-corrected chi connectivity index (χ3v) is 9.98. The van der Waals surface area contributed by atoms with E-state index in [-0.39, 0.29) is 0 Å². The SMILES string of the molecule is CCCCCCCC/C=C\CCCCC(O)C(=O)NC(CO)C(O)C(O)CCCCCCCCCCCCCCCCCCCCCC. The van der Waals surface area contributed by atoms with Crippen LogP contribution in [0.4, 0.5) is 0 Å². The van der Waals surface area contributed by atoms with Crippen molar-refractivity contribution in [2.45, 2.75) is 244 Å². The zero-order valence-corrected chi connectivity index (χ0v) is 32.0. The molecule has 0 rings (SSSR count). The van der Waals surface area contributed by atoms with Crippen LogP contribution in [0.1, 0.15) is 219 Å². The minimum atomic E-state index is -1.26. The van der Waals surface area contributed by atoms with Crippen molar-refractivity contribution in [1.29, 1.82) is 0 Å². The average molecular weight is 682 g/mol. The van der Waals surface area contributed by atoms with Crippen molar-refractivity contribution in [3.63, 3.8) is 0 Å². The Hall–Kier alpha value is -0.950. The summed E-state index contributed by atoms with van der Waals surface area (Å²) in [5, 5.41) is 43.6.